The number of hydroxylamine groups is 2. The molecule has 1 aliphatic rings. The van der Waals surface area contributed by atoms with Gasteiger partial charge in [-0.2, -0.15) is 0 Å². The van der Waals surface area contributed by atoms with Crippen LogP contribution in [0.4, 0.5) is 21.0 Å². The van der Waals surface area contributed by atoms with Gasteiger partial charge in [-0.05, 0) is 90.8 Å². The highest BCUT2D eigenvalue weighted by molar-refractivity contribution is 5.95. The van der Waals surface area contributed by atoms with Crippen LogP contribution in [0.15, 0.2) is 48.5 Å². The Morgan fingerprint density at radius 1 is 0.786 bits per heavy atom. The maximum Gasteiger partial charge on any atom is 0.412 e. The van der Waals surface area contributed by atoms with Crippen LogP contribution >= 0.6 is 0 Å². The molecule has 0 saturated carbocycles. The van der Waals surface area contributed by atoms with E-state index >= 15 is 0 Å². The summed E-state index contributed by atoms with van der Waals surface area (Å²) in [6.45, 7) is 12.6. The van der Waals surface area contributed by atoms with Crippen LogP contribution in [-0.2, 0) is 19.0 Å². The quantitative estimate of drug-likeness (QED) is 0.346. The molecular formula is C30H43N3O9. The van der Waals surface area contributed by atoms with Crippen LogP contribution in [0.3, 0.4) is 0 Å². The van der Waals surface area contributed by atoms with Gasteiger partial charge in [0.2, 0.25) is 0 Å². The second-order valence-corrected chi connectivity index (χ2v) is 11.0. The van der Waals surface area contributed by atoms with Crippen LogP contribution in [0, 0.1) is 0 Å². The van der Waals surface area contributed by atoms with E-state index in [1.54, 1.807) is 77.9 Å². The number of carbonyl (C=O) groups excluding carboxylic acids is 3. The van der Waals surface area contributed by atoms with Crippen LogP contribution in [0.5, 0.6) is 0 Å². The molecule has 12 nitrogen and oxygen atoms in total. The molecule has 0 bridgehead atoms. The molecule has 2 aromatic carbocycles. The van der Waals surface area contributed by atoms with Gasteiger partial charge in [-0.1, -0.05) is 12.1 Å². The minimum absolute atomic E-state index is 0.110. The summed E-state index contributed by atoms with van der Waals surface area (Å²) in [5, 5.41) is 14.9. The van der Waals surface area contributed by atoms with Crippen LogP contribution < -0.4 is 10.6 Å². The third-order valence-electron chi connectivity index (χ3n) is 4.90. The second-order valence-electron chi connectivity index (χ2n) is 11.0. The van der Waals surface area contributed by atoms with Crippen molar-refractivity contribution in [2.75, 3.05) is 38.0 Å². The molecule has 1 fully saturated rings. The topological polar surface area (TPSA) is 153 Å². The van der Waals surface area contributed by atoms with Crippen molar-refractivity contribution in [3.8, 4) is 0 Å². The Bertz CT molecular complexity index is 1180. The summed E-state index contributed by atoms with van der Waals surface area (Å²) in [4.78, 5) is 50.5. The van der Waals surface area contributed by atoms with Gasteiger partial charge in [-0.3, -0.25) is 20.3 Å². The first kappa shape index (κ1) is 35.9. The van der Waals surface area contributed by atoms with Crippen molar-refractivity contribution in [2.45, 2.75) is 65.6 Å². The number of aromatic carboxylic acids is 1. The average molecular weight is 590 g/mol. The number of amides is 3. The zero-order valence-corrected chi connectivity index (χ0v) is 25.6. The van der Waals surface area contributed by atoms with Crippen molar-refractivity contribution in [1.29, 1.82) is 0 Å². The third kappa shape index (κ3) is 15.6. The predicted molar refractivity (Wildman–Crippen MR) is 159 cm³/mol. The second kappa shape index (κ2) is 16.9. The fourth-order valence-corrected chi connectivity index (χ4v) is 3.08. The molecule has 0 radical (unpaired) electrons. The number of hydrogen-bond acceptors (Lipinski definition) is 8. The van der Waals surface area contributed by atoms with Crippen molar-refractivity contribution in [2.24, 2.45) is 0 Å². The molecule has 1 heterocycles. The fourth-order valence-electron chi connectivity index (χ4n) is 3.08. The summed E-state index contributed by atoms with van der Waals surface area (Å²) >= 11 is 0. The smallest absolute Gasteiger partial charge is 0.412 e. The molecule has 3 rings (SSSR count). The lowest BCUT2D eigenvalue weighted by Crippen LogP contribution is -2.27. The summed E-state index contributed by atoms with van der Waals surface area (Å²) in [6.07, 6.45) is 1.38. The molecular weight excluding hydrogens is 546 g/mol. The number of carboxylic acid groups (broad SMARTS) is 1. The lowest BCUT2D eigenvalue weighted by atomic mass is 10.2. The van der Waals surface area contributed by atoms with E-state index in [1.807, 2.05) is 0 Å². The Balaban J connectivity index is 0.000000362. The Hall–Kier alpha value is -4.16. The molecule has 3 N–H and O–H groups in total. The van der Waals surface area contributed by atoms with Gasteiger partial charge < -0.3 is 19.3 Å². The van der Waals surface area contributed by atoms with Crippen LogP contribution in [0.1, 0.15) is 75.1 Å². The van der Waals surface area contributed by atoms with Crippen LogP contribution in [0.25, 0.3) is 0 Å². The number of nitrogens with one attached hydrogen (secondary N) is 2. The Labute approximate surface area is 247 Å². The predicted octanol–water partition coefficient (Wildman–Crippen LogP) is 6.20. The van der Waals surface area contributed by atoms with Crippen molar-refractivity contribution in [1.82, 2.24) is 5.06 Å². The maximum atomic E-state index is 11.9. The molecule has 3 amide bonds. The average Bonchev–Trinajstić information content (AvgIpc) is 3.46. The molecule has 0 aromatic heterocycles. The van der Waals surface area contributed by atoms with Gasteiger partial charge in [-0.25, -0.2) is 19.4 Å². The highest BCUT2D eigenvalue weighted by Gasteiger charge is 2.18. The lowest BCUT2D eigenvalue weighted by Gasteiger charge is -2.20. The number of nitrogens with zero attached hydrogens (tertiary/aromatic N) is 1. The lowest BCUT2D eigenvalue weighted by molar-refractivity contribution is -0.0756. The van der Waals surface area contributed by atoms with E-state index in [0.29, 0.717) is 16.9 Å². The minimum Gasteiger partial charge on any atom is -0.478 e. The SMILES string of the molecule is C1CCOC1.CC(C)(C)OC(=O)Nc1cccc(C(=O)O)c1.CON(C)C(=O)c1cccc(NC(=O)OC(C)(C)C)c1. The van der Waals surface area contributed by atoms with Gasteiger partial charge in [0.05, 0.1) is 12.7 Å². The van der Waals surface area contributed by atoms with Crippen molar-refractivity contribution < 1.29 is 43.3 Å². The van der Waals surface area contributed by atoms with Gasteiger partial charge in [0.25, 0.3) is 5.91 Å². The van der Waals surface area contributed by atoms with Gasteiger partial charge in [0, 0.05) is 37.2 Å². The molecule has 2 aromatic rings. The summed E-state index contributed by atoms with van der Waals surface area (Å²) in [5.74, 6) is -1.35. The zero-order valence-electron chi connectivity index (χ0n) is 25.6. The normalized spacial score (nSPS) is 12.4. The molecule has 12 heteroatoms. The molecule has 0 aliphatic carbocycles. The minimum atomic E-state index is -1.04. The molecule has 0 unspecified atom stereocenters. The summed E-state index contributed by atoms with van der Waals surface area (Å²) in [7, 11) is 2.91. The number of ether oxygens (including phenoxy) is 3. The first-order valence-electron chi connectivity index (χ1n) is 13.3. The van der Waals surface area contributed by atoms with Gasteiger partial charge >= 0.3 is 18.2 Å². The van der Waals surface area contributed by atoms with E-state index in [1.165, 1.54) is 39.1 Å². The third-order valence-corrected chi connectivity index (χ3v) is 4.90. The molecule has 1 aliphatic heterocycles. The number of carboxylic acids is 1. The van der Waals surface area contributed by atoms with Gasteiger partial charge in [0.1, 0.15) is 11.2 Å². The highest BCUT2D eigenvalue weighted by Crippen LogP contribution is 2.15. The molecule has 1 saturated heterocycles. The first-order chi connectivity index (χ1) is 19.5. The van der Waals surface area contributed by atoms with Crippen molar-refractivity contribution in [3.05, 3.63) is 59.7 Å². The van der Waals surface area contributed by atoms with Gasteiger partial charge in [0.15, 0.2) is 0 Å². The fraction of sp³-hybridized carbons (Fsp3) is 0.467. The summed E-state index contributed by atoms with van der Waals surface area (Å²) in [5.41, 5.74) is 0.220. The van der Waals surface area contributed by atoms with Gasteiger partial charge in [-0.15, -0.1) is 0 Å². The number of carbonyl (C=O) groups is 4. The summed E-state index contributed by atoms with van der Waals surface area (Å²) in [6, 6.07) is 12.5. The van der Waals surface area contributed by atoms with Crippen molar-refractivity contribution in [3.63, 3.8) is 0 Å². The van der Waals surface area contributed by atoms with E-state index in [-0.39, 0.29) is 11.5 Å². The Kier molecular flexibility index (Phi) is 14.5. The molecule has 42 heavy (non-hydrogen) atoms. The number of benzene rings is 2. The maximum absolute atomic E-state index is 11.9. The highest BCUT2D eigenvalue weighted by atomic mass is 16.7. The van der Waals surface area contributed by atoms with Crippen molar-refractivity contribution >= 4 is 35.4 Å². The van der Waals surface area contributed by atoms with E-state index in [2.05, 4.69) is 10.6 Å². The molecule has 0 spiro atoms. The molecule has 232 valence electrons. The largest absolute Gasteiger partial charge is 0.478 e. The Morgan fingerprint density at radius 2 is 1.21 bits per heavy atom. The van der Waals surface area contributed by atoms with Crippen LogP contribution in [0.2, 0.25) is 0 Å². The zero-order chi connectivity index (χ0) is 31.9. The number of anilines is 2. The first-order valence-corrected chi connectivity index (χ1v) is 13.3. The van der Waals surface area contributed by atoms with E-state index in [0.717, 1.165) is 18.3 Å². The monoisotopic (exact) mass is 589 g/mol. The standard InChI is InChI=1S/C14H20N2O4.C12H15NO4.C4H8O/c1-14(2,3)20-13(18)15-11-8-6-7-10(9-11)12(17)16(4)19-5;1-12(2,3)17-11(16)13-9-6-4-5-8(7-9)10(14)15;1-2-4-5-3-1/h6-9H,1-5H3,(H,15,18);4-7H,1-3H3,(H,13,16)(H,14,15);1-4H2. The molecule has 0 atom stereocenters. The van der Waals surface area contributed by atoms with E-state index in [9.17, 15) is 19.2 Å². The van der Waals surface area contributed by atoms with E-state index < -0.39 is 29.4 Å². The number of rotatable bonds is 5. The van der Waals surface area contributed by atoms with Crippen LogP contribution in [-0.4, -0.2) is 72.8 Å². The van der Waals surface area contributed by atoms with E-state index in [4.69, 9.17) is 24.2 Å². The number of hydrogen-bond donors (Lipinski definition) is 3. The Morgan fingerprint density at radius 3 is 1.57 bits per heavy atom. The summed E-state index contributed by atoms with van der Waals surface area (Å²) < 4.78 is 15.1.